The van der Waals surface area contributed by atoms with Gasteiger partial charge in [-0.05, 0) is 61.2 Å². The van der Waals surface area contributed by atoms with Gasteiger partial charge in [-0.25, -0.2) is 0 Å². The third-order valence-electron chi connectivity index (χ3n) is 9.15. The number of hydrogen-bond donors (Lipinski definition) is 3. The van der Waals surface area contributed by atoms with E-state index in [0.717, 1.165) is 12.8 Å². The summed E-state index contributed by atoms with van der Waals surface area (Å²) in [5.41, 5.74) is 2.04. The van der Waals surface area contributed by atoms with E-state index in [1.165, 1.54) is 37.7 Å². The van der Waals surface area contributed by atoms with Crippen LogP contribution in [0.1, 0.15) is 65.7 Å². The van der Waals surface area contributed by atoms with Crippen LogP contribution in [0.2, 0.25) is 0 Å². The highest BCUT2D eigenvalue weighted by Gasteiger charge is 2.54. The topological polar surface area (TPSA) is 79.2 Å². The van der Waals surface area contributed by atoms with Crippen LogP contribution < -0.4 is 0 Å². The molecule has 0 aromatic rings. The predicted molar refractivity (Wildman–Crippen MR) is 116 cm³/mol. The van der Waals surface area contributed by atoms with Gasteiger partial charge in [0, 0.05) is 5.41 Å². The highest BCUT2D eigenvalue weighted by Crippen LogP contribution is 2.63. The summed E-state index contributed by atoms with van der Waals surface area (Å²) in [7, 11) is 0. The average molecular weight is 421 g/mol. The lowest BCUT2D eigenvalue weighted by molar-refractivity contribution is -0.184. The number of allylic oxidation sites excluding steroid dienone is 2. The molecule has 9 atom stereocenters. The molecular formula is C25H40O5. The monoisotopic (exact) mass is 420 g/mol. The minimum absolute atomic E-state index is 0.0819. The second kappa shape index (κ2) is 8.00. The van der Waals surface area contributed by atoms with Gasteiger partial charge in [0.2, 0.25) is 0 Å². The van der Waals surface area contributed by atoms with Gasteiger partial charge in [-0.2, -0.15) is 0 Å². The normalized spacial score (nSPS) is 51.1. The number of hydrogen-bond acceptors (Lipinski definition) is 5. The number of aliphatic hydroxyl groups excluding tert-OH is 3. The minimum atomic E-state index is -1.12. The molecule has 3 fully saturated rings. The summed E-state index contributed by atoms with van der Waals surface area (Å²) in [6, 6.07) is 0. The number of ether oxygens (including phenoxy) is 2. The average Bonchev–Trinajstić information content (AvgIpc) is 3.01. The van der Waals surface area contributed by atoms with Gasteiger partial charge in [0.25, 0.3) is 0 Å². The van der Waals surface area contributed by atoms with Crippen LogP contribution in [0.3, 0.4) is 0 Å². The highest BCUT2D eigenvalue weighted by atomic mass is 16.7. The van der Waals surface area contributed by atoms with Gasteiger partial charge < -0.3 is 24.8 Å². The maximum atomic E-state index is 10.2. The summed E-state index contributed by atoms with van der Waals surface area (Å²) in [4.78, 5) is 0. The SMILES string of the molecule is C=C[C@@]1(C)CC[C@@]2(C)[C@@H](CC=C3[C@@H]2CCC[C@]3(C)CO[C@@H]2O[C@@H](CO)[C@@H](O)[C@H]2O)C1. The molecule has 1 saturated heterocycles. The lowest BCUT2D eigenvalue weighted by Gasteiger charge is -2.58. The first-order chi connectivity index (χ1) is 14.2. The van der Waals surface area contributed by atoms with Crippen molar-refractivity contribution in [1.29, 1.82) is 0 Å². The Bertz CT molecular complexity index is 691. The van der Waals surface area contributed by atoms with E-state index in [4.69, 9.17) is 9.47 Å². The van der Waals surface area contributed by atoms with Gasteiger partial charge in [0.1, 0.15) is 18.3 Å². The molecule has 170 valence electrons. The van der Waals surface area contributed by atoms with Crippen molar-refractivity contribution in [2.75, 3.05) is 13.2 Å². The first-order valence-electron chi connectivity index (χ1n) is 11.7. The predicted octanol–water partition coefficient (Wildman–Crippen LogP) is 3.58. The maximum Gasteiger partial charge on any atom is 0.186 e. The summed E-state index contributed by atoms with van der Waals surface area (Å²) in [6.45, 7) is 11.4. The molecule has 0 aromatic carbocycles. The van der Waals surface area contributed by atoms with Crippen LogP contribution in [0.5, 0.6) is 0 Å². The molecule has 1 aliphatic heterocycles. The molecule has 4 rings (SSSR count). The number of fused-ring (bicyclic) bond motifs is 3. The standard InChI is InChI=1S/C25H40O5/c1-5-23(2)11-12-25(4)16(13-23)8-9-17-18(25)7-6-10-24(17,3)15-29-22-21(28)20(27)19(14-26)30-22/h5,9,16,18-22,26-28H,1,6-8,10-15H2,2-4H3/t16-,18-,19-,20+,21+,22+,23-,24+,25-/m0/s1. The van der Waals surface area contributed by atoms with E-state index in [9.17, 15) is 15.3 Å². The third-order valence-corrected chi connectivity index (χ3v) is 9.15. The Labute approximate surface area is 181 Å². The Hall–Kier alpha value is -0.720. The van der Waals surface area contributed by atoms with E-state index < -0.39 is 24.6 Å². The van der Waals surface area contributed by atoms with Crippen molar-refractivity contribution in [2.24, 2.45) is 28.1 Å². The molecule has 5 heteroatoms. The Morgan fingerprint density at radius 1 is 1.20 bits per heavy atom. The van der Waals surface area contributed by atoms with E-state index in [1.807, 2.05) is 0 Å². The molecule has 4 aliphatic rings. The van der Waals surface area contributed by atoms with Crippen molar-refractivity contribution in [3.63, 3.8) is 0 Å². The Morgan fingerprint density at radius 3 is 2.63 bits per heavy atom. The quantitative estimate of drug-likeness (QED) is 0.593. The van der Waals surface area contributed by atoms with Gasteiger partial charge in [0.05, 0.1) is 13.2 Å². The largest absolute Gasteiger partial charge is 0.394 e. The molecule has 0 bridgehead atoms. The van der Waals surface area contributed by atoms with Crippen LogP contribution >= 0.6 is 0 Å². The molecule has 2 saturated carbocycles. The molecule has 0 aromatic heterocycles. The van der Waals surface area contributed by atoms with Crippen LogP contribution in [0.4, 0.5) is 0 Å². The van der Waals surface area contributed by atoms with Crippen molar-refractivity contribution in [1.82, 2.24) is 0 Å². The van der Waals surface area contributed by atoms with Gasteiger partial charge in [-0.1, -0.05) is 44.9 Å². The highest BCUT2D eigenvalue weighted by molar-refractivity contribution is 5.27. The zero-order valence-corrected chi connectivity index (χ0v) is 18.8. The number of aliphatic hydroxyl groups is 3. The molecule has 3 N–H and O–H groups in total. The first-order valence-corrected chi connectivity index (χ1v) is 11.7. The molecule has 0 amide bonds. The fourth-order valence-electron chi connectivity index (χ4n) is 6.84. The van der Waals surface area contributed by atoms with Gasteiger partial charge in [-0.3, -0.25) is 0 Å². The van der Waals surface area contributed by atoms with Crippen molar-refractivity contribution in [2.45, 2.75) is 90.3 Å². The Morgan fingerprint density at radius 2 is 1.97 bits per heavy atom. The molecule has 0 unspecified atom stereocenters. The Kier molecular flexibility index (Phi) is 6.00. The van der Waals surface area contributed by atoms with Crippen LogP contribution in [-0.4, -0.2) is 53.1 Å². The zero-order valence-electron chi connectivity index (χ0n) is 18.8. The fraction of sp³-hybridized carbons (Fsp3) is 0.840. The van der Waals surface area contributed by atoms with Crippen molar-refractivity contribution in [3.05, 3.63) is 24.3 Å². The smallest absolute Gasteiger partial charge is 0.186 e. The molecule has 30 heavy (non-hydrogen) atoms. The molecule has 5 nitrogen and oxygen atoms in total. The van der Waals surface area contributed by atoms with Crippen LogP contribution in [0.25, 0.3) is 0 Å². The zero-order chi connectivity index (χ0) is 21.7. The third kappa shape index (κ3) is 3.61. The molecule has 0 radical (unpaired) electrons. The lowest BCUT2D eigenvalue weighted by Crippen LogP contribution is -2.50. The van der Waals surface area contributed by atoms with Crippen LogP contribution in [-0.2, 0) is 9.47 Å². The molecule has 0 spiro atoms. The summed E-state index contributed by atoms with van der Waals surface area (Å²) in [6.07, 6.45) is 9.05. The van der Waals surface area contributed by atoms with Crippen LogP contribution in [0, 0.1) is 28.1 Å². The summed E-state index contributed by atoms with van der Waals surface area (Å²) in [5, 5.41) is 29.6. The van der Waals surface area contributed by atoms with Crippen molar-refractivity contribution in [3.8, 4) is 0 Å². The van der Waals surface area contributed by atoms with Crippen molar-refractivity contribution < 1.29 is 24.8 Å². The second-order valence-electron chi connectivity index (χ2n) is 11.2. The first kappa shape index (κ1) is 22.5. The van der Waals surface area contributed by atoms with Crippen LogP contribution in [0.15, 0.2) is 24.3 Å². The molecule has 3 aliphatic carbocycles. The molecular weight excluding hydrogens is 380 g/mol. The fourth-order valence-corrected chi connectivity index (χ4v) is 6.84. The Balaban J connectivity index is 1.50. The lowest BCUT2D eigenvalue weighted by atomic mass is 9.47. The molecule has 1 heterocycles. The summed E-state index contributed by atoms with van der Waals surface area (Å²) < 4.78 is 11.6. The summed E-state index contributed by atoms with van der Waals surface area (Å²) >= 11 is 0. The van der Waals surface area contributed by atoms with E-state index in [0.29, 0.717) is 23.9 Å². The van der Waals surface area contributed by atoms with E-state index in [2.05, 4.69) is 39.5 Å². The minimum Gasteiger partial charge on any atom is -0.394 e. The van der Waals surface area contributed by atoms with E-state index in [1.54, 1.807) is 0 Å². The van der Waals surface area contributed by atoms with Gasteiger partial charge >= 0.3 is 0 Å². The van der Waals surface area contributed by atoms with E-state index in [-0.39, 0.29) is 17.4 Å². The maximum absolute atomic E-state index is 10.2. The number of rotatable bonds is 5. The van der Waals surface area contributed by atoms with E-state index >= 15 is 0 Å². The summed E-state index contributed by atoms with van der Waals surface area (Å²) in [5.74, 6) is 1.28. The van der Waals surface area contributed by atoms with Gasteiger partial charge in [-0.15, -0.1) is 6.58 Å². The van der Waals surface area contributed by atoms with Gasteiger partial charge in [0.15, 0.2) is 6.29 Å². The second-order valence-corrected chi connectivity index (χ2v) is 11.2. The van der Waals surface area contributed by atoms with Crippen molar-refractivity contribution >= 4 is 0 Å².